The van der Waals surface area contributed by atoms with E-state index in [-0.39, 0.29) is 11.6 Å². The lowest BCUT2D eigenvalue weighted by molar-refractivity contribution is 0.0690. The van der Waals surface area contributed by atoms with E-state index >= 15 is 0 Å². The molecule has 17 heavy (non-hydrogen) atoms. The van der Waals surface area contributed by atoms with Gasteiger partial charge in [-0.05, 0) is 13.0 Å². The summed E-state index contributed by atoms with van der Waals surface area (Å²) in [6.07, 6.45) is 1.38. The second-order valence-electron chi connectivity index (χ2n) is 3.36. The van der Waals surface area contributed by atoms with Gasteiger partial charge in [0.15, 0.2) is 11.5 Å². The molecule has 0 aromatic carbocycles. The SMILES string of the molecule is Cc1cc(CNc2nccc(C(=O)O)n2)on1. The molecule has 2 N–H and O–H groups in total. The first-order valence-corrected chi connectivity index (χ1v) is 4.87. The lowest BCUT2D eigenvalue weighted by Crippen LogP contribution is -2.07. The third-order valence-electron chi connectivity index (χ3n) is 1.97. The van der Waals surface area contributed by atoms with Crippen LogP contribution in [0.25, 0.3) is 0 Å². The van der Waals surface area contributed by atoms with Crippen LogP contribution in [-0.2, 0) is 6.54 Å². The largest absolute Gasteiger partial charge is 0.477 e. The normalized spacial score (nSPS) is 10.2. The fourth-order valence-corrected chi connectivity index (χ4v) is 1.23. The zero-order chi connectivity index (χ0) is 12.3. The van der Waals surface area contributed by atoms with Crippen molar-refractivity contribution in [3.05, 3.63) is 35.5 Å². The Labute approximate surface area is 96.5 Å². The summed E-state index contributed by atoms with van der Waals surface area (Å²) in [5.74, 6) is -0.225. The van der Waals surface area contributed by atoms with Crippen molar-refractivity contribution in [2.24, 2.45) is 0 Å². The van der Waals surface area contributed by atoms with Gasteiger partial charge in [0.2, 0.25) is 5.95 Å². The van der Waals surface area contributed by atoms with Crippen molar-refractivity contribution in [2.45, 2.75) is 13.5 Å². The topological polar surface area (TPSA) is 101 Å². The van der Waals surface area contributed by atoms with Crippen LogP contribution in [-0.4, -0.2) is 26.2 Å². The number of hydrogen-bond acceptors (Lipinski definition) is 6. The molecule has 0 saturated heterocycles. The van der Waals surface area contributed by atoms with Gasteiger partial charge in [0, 0.05) is 12.3 Å². The van der Waals surface area contributed by atoms with Crippen LogP contribution in [0.2, 0.25) is 0 Å². The standard InChI is InChI=1S/C10H10N4O3/c1-6-4-7(17-14-6)5-12-10-11-3-2-8(13-10)9(15)16/h2-4H,5H2,1H3,(H,15,16)(H,11,12,13). The summed E-state index contributed by atoms with van der Waals surface area (Å²) in [6, 6.07) is 3.10. The van der Waals surface area contributed by atoms with Crippen LogP contribution < -0.4 is 5.32 Å². The maximum Gasteiger partial charge on any atom is 0.354 e. The number of rotatable bonds is 4. The highest BCUT2D eigenvalue weighted by molar-refractivity contribution is 5.85. The molecule has 0 aliphatic rings. The van der Waals surface area contributed by atoms with Crippen molar-refractivity contribution in [1.29, 1.82) is 0 Å². The molecule has 2 aromatic heterocycles. The van der Waals surface area contributed by atoms with Gasteiger partial charge < -0.3 is 14.9 Å². The van der Waals surface area contributed by atoms with E-state index < -0.39 is 5.97 Å². The van der Waals surface area contributed by atoms with Crippen molar-refractivity contribution >= 4 is 11.9 Å². The van der Waals surface area contributed by atoms with Gasteiger partial charge in [-0.15, -0.1) is 0 Å². The molecule has 0 saturated carbocycles. The molecule has 2 heterocycles. The maximum absolute atomic E-state index is 10.7. The van der Waals surface area contributed by atoms with Gasteiger partial charge in [-0.25, -0.2) is 14.8 Å². The molecule has 0 unspecified atom stereocenters. The number of nitrogens with zero attached hydrogens (tertiary/aromatic N) is 3. The summed E-state index contributed by atoms with van der Waals surface area (Å²) in [5, 5.41) is 15.3. The van der Waals surface area contributed by atoms with Gasteiger partial charge >= 0.3 is 5.97 Å². The van der Waals surface area contributed by atoms with E-state index in [1.165, 1.54) is 12.3 Å². The monoisotopic (exact) mass is 234 g/mol. The molecule has 0 amide bonds. The van der Waals surface area contributed by atoms with E-state index in [2.05, 4.69) is 20.4 Å². The zero-order valence-electron chi connectivity index (χ0n) is 9.04. The molecule has 0 radical (unpaired) electrons. The van der Waals surface area contributed by atoms with E-state index in [1.807, 2.05) is 6.92 Å². The summed E-state index contributed by atoms with van der Waals surface area (Å²) >= 11 is 0. The second kappa shape index (κ2) is 4.60. The Hall–Kier alpha value is -2.44. The molecule has 0 aliphatic heterocycles. The van der Waals surface area contributed by atoms with Crippen molar-refractivity contribution in [3.63, 3.8) is 0 Å². The van der Waals surface area contributed by atoms with E-state index in [9.17, 15) is 4.79 Å². The minimum Gasteiger partial charge on any atom is -0.477 e. The third-order valence-corrected chi connectivity index (χ3v) is 1.97. The Morgan fingerprint density at radius 3 is 3.06 bits per heavy atom. The van der Waals surface area contributed by atoms with Crippen LogP contribution in [0.3, 0.4) is 0 Å². The first kappa shape index (κ1) is 11.1. The van der Waals surface area contributed by atoms with E-state index in [0.717, 1.165) is 5.69 Å². The number of hydrogen-bond donors (Lipinski definition) is 2. The molecular weight excluding hydrogens is 224 g/mol. The van der Waals surface area contributed by atoms with Gasteiger partial charge in [-0.1, -0.05) is 5.16 Å². The summed E-state index contributed by atoms with van der Waals surface area (Å²) < 4.78 is 4.98. The van der Waals surface area contributed by atoms with Crippen molar-refractivity contribution in [3.8, 4) is 0 Å². The third kappa shape index (κ3) is 2.77. The lowest BCUT2D eigenvalue weighted by atomic mass is 10.4. The molecular formula is C10H10N4O3. The number of carbonyl (C=O) groups is 1. The first-order valence-electron chi connectivity index (χ1n) is 4.87. The number of nitrogens with one attached hydrogen (secondary N) is 1. The predicted octanol–water partition coefficient (Wildman–Crippen LogP) is 1.08. The number of aromatic nitrogens is 3. The smallest absolute Gasteiger partial charge is 0.354 e. The average Bonchev–Trinajstić information content (AvgIpc) is 2.73. The van der Waals surface area contributed by atoms with Crippen molar-refractivity contribution in [2.75, 3.05) is 5.32 Å². The molecule has 0 aliphatic carbocycles. The Morgan fingerprint density at radius 2 is 2.41 bits per heavy atom. The highest BCUT2D eigenvalue weighted by atomic mass is 16.5. The number of aryl methyl sites for hydroxylation is 1. The molecule has 0 spiro atoms. The first-order chi connectivity index (χ1) is 8.15. The number of aromatic carboxylic acids is 1. The fourth-order valence-electron chi connectivity index (χ4n) is 1.23. The molecule has 0 fully saturated rings. The summed E-state index contributed by atoms with van der Waals surface area (Å²) in [4.78, 5) is 18.4. The van der Waals surface area contributed by atoms with Gasteiger partial charge in [-0.3, -0.25) is 0 Å². The molecule has 7 heteroatoms. The Bertz CT molecular complexity index is 538. The van der Waals surface area contributed by atoms with Crippen LogP contribution >= 0.6 is 0 Å². The van der Waals surface area contributed by atoms with E-state index in [4.69, 9.17) is 9.63 Å². The van der Waals surface area contributed by atoms with Crippen LogP contribution in [0.4, 0.5) is 5.95 Å². The highest BCUT2D eigenvalue weighted by Gasteiger charge is 2.06. The van der Waals surface area contributed by atoms with Gasteiger partial charge in [0.05, 0.1) is 12.2 Å². The van der Waals surface area contributed by atoms with Crippen molar-refractivity contribution < 1.29 is 14.4 Å². The zero-order valence-corrected chi connectivity index (χ0v) is 9.04. The maximum atomic E-state index is 10.7. The second-order valence-corrected chi connectivity index (χ2v) is 3.36. The molecule has 0 bridgehead atoms. The van der Waals surface area contributed by atoms with Gasteiger partial charge in [0.25, 0.3) is 0 Å². The average molecular weight is 234 g/mol. The summed E-state index contributed by atoms with van der Waals surface area (Å²) in [7, 11) is 0. The van der Waals surface area contributed by atoms with Crippen LogP contribution in [0.5, 0.6) is 0 Å². The minimum atomic E-state index is -1.09. The fraction of sp³-hybridized carbons (Fsp3) is 0.200. The predicted molar refractivity (Wildman–Crippen MR) is 57.6 cm³/mol. The number of anilines is 1. The Morgan fingerprint density at radius 1 is 1.59 bits per heavy atom. The molecule has 88 valence electrons. The van der Waals surface area contributed by atoms with Crippen molar-refractivity contribution in [1.82, 2.24) is 15.1 Å². The molecule has 0 atom stereocenters. The van der Waals surface area contributed by atoms with Gasteiger partial charge in [0.1, 0.15) is 0 Å². The highest BCUT2D eigenvalue weighted by Crippen LogP contribution is 2.06. The number of carboxylic acid groups (broad SMARTS) is 1. The molecule has 2 rings (SSSR count). The van der Waals surface area contributed by atoms with Crippen LogP contribution in [0, 0.1) is 6.92 Å². The Balaban J connectivity index is 2.04. The van der Waals surface area contributed by atoms with E-state index in [0.29, 0.717) is 12.3 Å². The Kier molecular flexibility index (Phi) is 2.99. The lowest BCUT2D eigenvalue weighted by Gasteiger charge is -2.01. The molecule has 7 nitrogen and oxygen atoms in total. The summed E-state index contributed by atoms with van der Waals surface area (Å²) in [5.41, 5.74) is 0.721. The number of carboxylic acids is 1. The quantitative estimate of drug-likeness (QED) is 0.816. The minimum absolute atomic E-state index is 0.0590. The van der Waals surface area contributed by atoms with Gasteiger partial charge in [-0.2, -0.15) is 0 Å². The van der Waals surface area contributed by atoms with Crippen LogP contribution in [0.15, 0.2) is 22.9 Å². The summed E-state index contributed by atoms with van der Waals surface area (Å²) in [6.45, 7) is 2.17. The van der Waals surface area contributed by atoms with E-state index in [1.54, 1.807) is 6.07 Å². The van der Waals surface area contributed by atoms with Crippen LogP contribution in [0.1, 0.15) is 21.9 Å². The molecule has 2 aromatic rings.